The van der Waals surface area contributed by atoms with Crippen molar-refractivity contribution in [2.75, 3.05) is 6.54 Å². The van der Waals surface area contributed by atoms with Gasteiger partial charge in [0.05, 0.1) is 11.7 Å². The number of aromatic nitrogens is 2. The zero-order chi connectivity index (χ0) is 17.6. The topological polar surface area (TPSA) is 93.1 Å². The van der Waals surface area contributed by atoms with Gasteiger partial charge in [-0.15, -0.1) is 11.3 Å². The van der Waals surface area contributed by atoms with Crippen LogP contribution >= 0.6 is 11.3 Å². The second-order valence-electron chi connectivity index (χ2n) is 5.98. The number of carbonyl (C=O) groups is 2. The number of imide groups is 1. The van der Waals surface area contributed by atoms with Gasteiger partial charge in [0.1, 0.15) is 11.4 Å². The lowest BCUT2D eigenvalue weighted by molar-refractivity contribution is -0.120. The predicted molar refractivity (Wildman–Crippen MR) is 96.6 cm³/mol. The summed E-state index contributed by atoms with van der Waals surface area (Å²) < 4.78 is 1.20. The lowest BCUT2D eigenvalue weighted by Gasteiger charge is -2.13. The molecule has 0 radical (unpaired) electrons. The highest BCUT2D eigenvalue weighted by Crippen LogP contribution is 2.19. The lowest BCUT2D eigenvalue weighted by atomic mass is 9.97. The molecule has 7 nitrogen and oxygen atoms in total. The minimum atomic E-state index is -0.548. The van der Waals surface area contributed by atoms with Gasteiger partial charge in [-0.1, -0.05) is 11.6 Å². The summed E-state index contributed by atoms with van der Waals surface area (Å²) in [5.41, 5.74) is 1.07. The molecule has 0 bridgehead atoms. The zero-order valence-corrected chi connectivity index (χ0v) is 14.6. The summed E-state index contributed by atoms with van der Waals surface area (Å²) in [4.78, 5) is 40.7. The third-order valence-electron chi connectivity index (χ3n) is 4.13. The number of allylic oxidation sites excluding steroid dienone is 1. The Labute approximate surface area is 148 Å². The van der Waals surface area contributed by atoms with E-state index in [1.165, 1.54) is 40.6 Å². The molecule has 8 heteroatoms. The Morgan fingerprint density at radius 3 is 3.00 bits per heavy atom. The fraction of sp³-hybridized carbons (Fsp3) is 0.412. The van der Waals surface area contributed by atoms with Gasteiger partial charge in [0.25, 0.3) is 5.56 Å². The van der Waals surface area contributed by atoms with Crippen molar-refractivity contribution in [3.63, 3.8) is 0 Å². The van der Waals surface area contributed by atoms with E-state index in [0.717, 1.165) is 19.3 Å². The number of hydrogen-bond acceptors (Lipinski definition) is 5. The Morgan fingerprint density at radius 1 is 1.32 bits per heavy atom. The molecule has 0 saturated carbocycles. The molecule has 1 aliphatic rings. The Hall–Kier alpha value is -2.48. The first-order valence-corrected chi connectivity index (χ1v) is 9.19. The van der Waals surface area contributed by atoms with Crippen LogP contribution in [-0.4, -0.2) is 28.0 Å². The monoisotopic (exact) mass is 360 g/mol. The molecule has 3 amide bonds. The van der Waals surface area contributed by atoms with Crippen LogP contribution in [0, 0.1) is 0 Å². The van der Waals surface area contributed by atoms with Crippen LogP contribution in [-0.2, 0) is 11.3 Å². The van der Waals surface area contributed by atoms with Crippen molar-refractivity contribution < 1.29 is 9.59 Å². The first kappa shape index (κ1) is 17.3. The summed E-state index contributed by atoms with van der Waals surface area (Å²) in [6.45, 7) is 0.253. The molecule has 0 saturated heterocycles. The summed E-state index contributed by atoms with van der Waals surface area (Å²) in [5, 5.41) is 7.17. The van der Waals surface area contributed by atoms with E-state index in [-0.39, 0.29) is 12.1 Å². The van der Waals surface area contributed by atoms with Crippen LogP contribution in [0.1, 0.15) is 32.1 Å². The van der Waals surface area contributed by atoms with E-state index in [1.807, 2.05) is 0 Å². The number of nitrogens with zero attached hydrogens (tertiary/aromatic N) is 2. The number of carbonyl (C=O) groups excluding carboxylic acids is 2. The molecule has 2 N–H and O–H groups in total. The molecule has 0 aliphatic heterocycles. The number of hydrogen-bond donors (Lipinski definition) is 2. The molecule has 2 aromatic rings. The average Bonchev–Trinajstić information content (AvgIpc) is 3.08. The van der Waals surface area contributed by atoms with E-state index in [1.54, 1.807) is 11.4 Å². The average molecular weight is 360 g/mol. The summed E-state index contributed by atoms with van der Waals surface area (Å²) in [6.07, 6.45) is 8.99. The predicted octanol–water partition coefficient (Wildman–Crippen LogP) is 2.17. The van der Waals surface area contributed by atoms with Gasteiger partial charge in [0.15, 0.2) is 0 Å². The minimum Gasteiger partial charge on any atom is -0.337 e. The molecule has 2 heterocycles. The van der Waals surface area contributed by atoms with E-state index in [0.29, 0.717) is 16.8 Å². The van der Waals surface area contributed by atoms with E-state index in [9.17, 15) is 14.4 Å². The highest BCUT2D eigenvalue weighted by molar-refractivity contribution is 7.16. The van der Waals surface area contributed by atoms with Crippen molar-refractivity contribution in [1.29, 1.82) is 0 Å². The smallest absolute Gasteiger partial charge is 0.321 e. The van der Waals surface area contributed by atoms with E-state index in [2.05, 4.69) is 21.7 Å². The van der Waals surface area contributed by atoms with Gasteiger partial charge in [-0.2, -0.15) is 0 Å². The van der Waals surface area contributed by atoms with Crippen LogP contribution in [0.4, 0.5) is 4.79 Å². The van der Waals surface area contributed by atoms with Crippen LogP contribution in [0.5, 0.6) is 0 Å². The van der Waals surface area contributed by atoms with E-state index in [4.69, 9.17) is 0 Å². The highest BCUT2D eigenvalue weighted by atomic mass is 32.1. The normalized spacial score (nSPS) is 14.2. The van der Waals surface area contributed by atoms with Crippen LogP contribution in [0.25, 0.3) is 10.2 Å². The summed E-state index contributed by atoms with van der Waals surface area (Å²) in [5.74, 6) is -0.548. The third-order valence-corrected chi connectivity index (χ3v) is 4.95. The SMILES string of the molecule is O=C(Cn1cnc2sccc2c1=O)NC(=O)NCCC1=CCCCC1. The molecule has 3 rings (SSSR count). The number of urea groups is 1. The van der Waals surface area contributed by atoms with Gasteiger partial charge in [-0.3, -0.25) is 19.5 Å². The molecular formula is C17H20N4O3S. The first-order chi connectivity index (χ1) is 12.1. The molecule has 0 fully saturated rings. The number of rotatable bonds is 5. The van der Waals surface area contributed by atoms with Gasteiger partial charge < -0.3 is 5.32 Å². The Balaban J connectivity index is 1.48. The maximum absolute atomic E-state index is 12.2. The number of nitrogens with one attached hydrogen (secondary N) is 2. The van der Waals surface area contributed by atoms with Gasteiger partial charge in [-0.25, -0.2) is 9.78 Å². The van der Waals surface area contributed by atoms with Crippen molar-refractivity contribution in [3.8, 4) is 0 Å². The molecule has 132 valence electrons. The third kappa shape index (κ3) is 4.54. The summed E-state index contributed by atoms with van der Waals surface area (Å²) in [7, 11) is 0. The van der Waals surface area contributed by atoms with Crippen molar-refractivity contribution in [2.45, 2.75) is 38.6 Å². The first-order valence-electron chi connectivity index (χ1n) is 8.32. The van der Waals surface area contributed by atoms with Gasteiger partial charge >= 0.3 is 6.03 Å². The summed E-state index contributed by atoms with van der Waals surface area (Å²) in [6, 6.07) is 1.13. The lowest BCUT2D eigenvalue weighted by Crippen LogP contribution is -2.42. The second kappa shape index (κ2) is 8.06. The van der Waals surface area contributed by atoms with Gasteiger partial charge in [-0.05, 0) is 43.6 Å². The number of amides is 3. The van der Waals surface area contributed by atoms with E-state index >= 15 is 0 Å². The Kier molecular flexibility index (Phi) is 5.60. The number of thiophene rings is 1. The number of fused-ring (bicyclic) bond motifs is 1. The van der Waals surface area contributed by atoms with Gasteiger partial charge in [0.2, 0.25) is 5.91 Å². The maximum Gasteiger partial charge on any atom is 0.321 e. The van der Waals surface area contributed by atoms with Crippen molar-refractivity contribution in [3.05, 3.63) is 39.8 Å². The van der Waals surface area contributed by atoms with Crippen molar-refractivity contribution in [2.24, 2.45) is 0 Å². The molecule has 0 atom stereocenters. The second-order valence-corrected chi connectivity index (χ2v) is 6.87. The molecule has 1 aliphatic carbocycles. The van der Waals surface area contributed by atoms with Crippen LogP contribution in [0.15, 0.2) is 34.2 Å². The van der Waals surface area contributed by atoms with Crippen LogP contribution in [0.2, 0.25) is 0 Å². The molecule has 0 unspecified atom stereocenters. The van der Waals surface area contributed by atoms with Crippen LogP contribution in [0.3, 0.4) is 0 Å². The standard InChI is InChI=1S/C17H20N4O3S/c22-14(10-21-11-19-15-13(16(21)23)7-9-25-15)20-17(24)18-8-6-12-4-2-1-3-5-12/h4,7,9,11H,1-3,5-6,8,10H2,(H2,18,20,22,24). The molecule has 25 heavy (non-hydrogen) atoms. The Morgan fingerprint density at radius 2 is 2.20 bits per heavy atom. The van der Waals surface area contributed by atoms with E-state index < -0.39 is 11.9 Å². The molecule has 0 aromatic carbocycles. The highest BCUT2D eigenvalue weighted by Gasteiger charge is 2.11. The van der Waals surface area contributed by atoms with Crippen LogP contribution < -0.4 is 16.2 Å². The van der Waals surface area contributed by atoms with Crippen molar-refractivity contribution in [1.82, 2.24) is 20.2 Å². The summed E-state index contributed by atoms with van der Waals surface area (Å²) >= 11 is 1.37. The maximum atomic E-state index is 12.2. The molecule has 2 aromatic heterocycles. The largest absolute Gasteiger partial charge is 0.337 e. The fourth-order valence-corrected chi connectivity index (χ4v) is 3.56. The molecular weight excluding hydrogens is 340 g/mol. The van der Waals surface area contributed by atoms with Crippen molar-refractivity contribution >= 4 is 33.5 Å². The minimum absolute atomic E-state index is 0.240. The quantitative estimate of drug-likeness (QED) is 0.799. The zero-order valence-electron chi connectivity index (χ0n) is 13.8. The Bertz CT molecular complexity index is 868. The van der Waals surface area contributed by atoms with Gasteiger partial charge in [0, 0.05) is 6.54 Å². The fourth-order valence-electron chi connectivity index (χ4n) is 2.84. The molecule has 0 spiro atoms.